The molecule has 1 N–H and O–H groups in total. The van der Waals surface area contributed by atoms with Crippen LogP contribution in [0, 0.1) is 17.0 Å². The van der Waals surface area contributed by atoms with Crippen LogP contribution < -0.4 is 5.32 Å². The Balaban J connectivity index is 2.06. The molecule has 0 aliphatic carbocycles. The summed E-state index contributed by atoms with van der Waals surface area (Å²) in [7, 11) is 0. The number of carbonyl (C=O) groups excluding carboxylic acids is 2. The van der Waals surface area contributed by atoms with Gasteiger partial charge in [0.1, 0.15) is 5.70 Å². The molecule has 132 valence electrons. The summed E-state index contributed by atoms with van der Waals surface area (Å²) < 4.78 is 0. The Bertz CT molecular complexity index is 915. The first-order valence-electron chi connectivity index (χ1n) is 8.11. The molecular formula is C19H17N3O4. The lowest BCUT2D eigenvalue weighted by Gasteiger charge is -2.12. The molecule has 1 heterocycles. The average Bonchev–Trinajstić information content (AvgIpc) is 2.86. The fourth-order valence-electron chi connectivity index (χ4n) is 2.78. The predicted octanol–water partition coefficient (Wildman–Crippen LogP) is 3.12. The third kappa shape index (κ3) is 3.06. The monoisotopic (exact) mass is 351 g/mol. The molecule has 1 aliphatic heterocycles. The molecule has 2 aromatic carbocycles. The molecule has 7 heteroatoms. The van der Waals surface area contributed by atoms with Gasteiger partial charge in [0.25, 0.3) is 17.5 Å². The topological polar surface area (TPSA) is 92.6 Å². The van der Waals surface area contributed by atoms with Gasteiger partial charge in [0, 0.05) is 24.4 Å². The van der Waals surface area contributed by atoms with E-state index in [4.69, 9.17) is 0 Å². The highest BCUT2D eigenvalue weighted by atomic mass is 16.6. The SMILES string of the molecule is CCN1C(=O)C(Nc2ccc(C)cc2)=C(c2ccc([N+](=O)[O-])cc2)C1=O. The van der Waals surface area contributed by atoms with Crippen LogP contribution in [0.15, 0.2) is 54.2 Å². The number of nitrogens with zero attached hydrogens (tertiary/aromatic N) is 2. The molecule has 2 amide bonds. The lowest BCUT2D eigenvalue weighted by molar-refractivity contribution is -0.384. The molecule has 1 aliphatic rings. The minimum atomic E-state index is -0.510. The summed E-state index contributed by atoms with van der Waals surface area (Å²) in [6.07, 6.45) is 0. The molecule has 0 spiro atoms. The van der Waals surface area contributed by atoms with E-state index in [1.807, 2.05) is 31.2 Å². The number of aryl methyl sites for hydroxylation is 1. The third-order valence-electron chi connectivity index (χ3n) is 4.17. The van der Waals surface area contributed by atoms with Gasteiger partial charge < -0.3 is 5.32 Å². The number of amides is 2. The number of non-ortho nitro benzene ring substituents is 1. The van der Waals surface area contributed by atoms with Crippen molar-refractivity contribution in [2.24, 2.45) is 0 Å². The fraction of sp³-hybridized carbons (Fsp3) is 0.158. The standard InChI is InChI=1S/C19H17N3O4/c1-3-21-18(23)16(13-6-10-15(11-7-13)22(25)26)17(19(21)24)20-14-8-4-12(2)5-9-14/h4-11,20H,3H2,1-2H3. The van der Waals surface area contributed by atoms with Crippen molar-refractivity contribution in [1.29, 1.82) is 0 Å². The van der Waals surface area contributed by atoms with Gasteiger partial charge in [-0.05, 0) is 43.7 Å². The summed E-state index contributed by atoms with van der Waals surface area (Å²) in [5.74, 6) is -0.826. The molecule has 2 aromatic rings. The van der Waals surface area contributed by atoms with E-state index in [0.717, 1.165) is 10.5 Å². The molecule has 0 bridgehead atoms. The Morgan fingerprint density at radius 2 is 1.62 bits per heavy atom. The second kappa shape index (κ2) is 6.79. The smallest absolute Gasteiger partial charge is 0.278 e. The Labute approximate surface area is 150 Å². The second-order valence-corrected chi connectivity index (χ2v) is 5.90. The highest BCUT2D eigenvalue weighted by Crippen LogP contribution is 2.31. The van der Waals surface area contributed by atoms with Crippen molar-refractivity contribution in [2.75, 3.05) is 11.9 Å². The molecule has 0 aromatic heterocycles. The van der Waals surface area contributed by atoms with Crippen LogP contribution >= 0.6 is 0 Å². The van der Waals surface area contributed by atoms with E-state index in [2.05, 4.69) is 5.32 Å². The largest absolute Gasteiger partial charge is 0.350 e. The summed E-state index contributed by atoms with van der Waals surface area (Å²) in [5.41, 5.74) is 2.53. The summed E-state index contributed by atoms with van der Waals surface area (Å²) in [6.45, 7) is 3.92. The zero-order valence-corrected chi connectivity index (χ0v) is 14.4. The van der Waals surface area contributed by atoms with E-state index >= 15 is 0 Å². The van der Waals surface area contributed by atoms with Crippen LogP contribution in [0.25, 0.3) is 5.57 Å². The number of nitro groups is 1. The molecule has 7 nitrogen and oxygen atoms in total. The van der Waals surface area contributed by atoms with Crippen molar-refractivity contribution in [2.45, 2.75) is 13.8 Å². The number of likely N-dealkylation sites (N-methyl/N-ethyl adjacent to an activating group) is 1. The second-order valence-electron chi connectivity index (χ2n) is 5.90. The highest BCUT2D eigenvalue weighted by molar-refractivity contribution is 6.36. The van der Waals surface area contributed by atoms with Crippen LogP contribution in [0.4, 0.5) is 11.4 Å². The number of hydrogen-bond acceptors (Lipinski definition) is 5. The van der Waals surface area contributed by atoms with Gasteiger partial charge >= 0.3 is 0 Å². The third-order valence-corrected chi connectivity index (χ3v) is 4.17. The normalized spacial score (nSPS) is 14.2. The van der Waals surface area contributed by atoms with Crippen LogP contribution in [0.1, 0.15) is 18.1 Å². The van der Waals surface area contributed by atoms with E-state index < -0.39 is 16.7 Å². The van der Waals surface area contributed by atoms with Gasteiger partial charge in [0.05, 0.1) is 10.5 Å². The number of rotatable bonds is 5. The van der Waals surface area contributed by atoms with E-state index in [-0.39, 0.29) is 23.5 Å². The minimum Gasteiger partial charge on any atom is -0.350 e. The molecule has 0 saturated carbocycles. The minimum absolute atomic E-state index is 0.0773. The van der Waals surface area contributed by atoms with Crippen LogP contribution in [0.2, 0.25) is 0 Å². The van der Waals surface area contributed by atoms with Gasteiger partial charge in [-0.15, -0.1) is 0 Å². The van der Waals surface area contributed by atoms with E-state index in [1.54, 1.807) is 6.92 Å². The number of imide groups is 1. The Kier molecular flexibility index (Phi) is 4.53. The Morgan fingerprint density at radius 1 is 1.00 bits per heavy atom. The van der Waals surface area contributed by atoms with Crippen molar-refractivity contribution < 1.29 is 14.5 Å². The maximum Gasteiger partial charge on any atom is 0.278 e. The molecule has 0 atom stereocenters. The fourth-order valence-corrected chi connectivity index (χ4v) is 2.78. The Morgan fingerprint density at radius 3 is 2.15 bits per heavy atom. The summed E-state index contributed by atoms with van der Waals surface area (Å²) in [6, 6.07) is 13.0. The highest BCUT2D eigenvalue weighted by Gasteiger charge is 2.38. The van der Waals surface area contributed by atoms with E-state index in [9.17, 15) is 19.7 Å². The predicted molar refractivity (Wildman–Crippen MR) is 97.2 cm³/mol. The average molecular weight is 351 g/mol. The molecule has 0 saturated heterocycles. The van der Waals surface area contributed by atoms with Crippen LogP contribution in [0.5, 0.6) is 0 Å². The molecule has 0 unspecified atom stereocenters. The Hall–Kier alpha value is -3.48. The molecule has 3 rings (SSSR count). The van der Waals surface area contributed by atoms with Gasteiger partial charge in [0.15, 0.2) is 0 Å². The van der Waals surface area contributed by atoms with Crippen molar-refractivity contribution in [3.63, 3.8) is 0 Å². The van der Waals surface area contributed by atoms with Gasteiger partial charge in [-0.3, -0.25) is 24.6 Å². The van der Waals surface area contributed by atoms with Gasteiger partial charge in [-0.25, -0.2) is 0 Å². The number of nitro benzene ring substituents is 1. The molecule has 0 fully saturated rings. The molecular weight excluding hydrogens is 334 g/mol. The number of benzene rings is 2. The number of anilines is 1. The number of carbonyl (C=O) groups is 2. The molecule has 0 radical (unpaired) electrons. The van der Waals surface area contributed by atoms with Crippen molar-refractivity contribution in [3.05, 3.63) is 75.5 Å². The molecule has 26 heavy (non-hydrogen) atoms. The van der Waals surface area contributed by atoms with Crippen LogP contribution in [-0.4, -0.2) is 28.2 Å². The maximum atomic E-state index is 12.7. The number of nitrogens with one attached hydrogen (secondary N) is 1. The summed E-state index contributed by atoms with van der Waals surface area (Å²) in [4.78, 5) is 36.8. The van der Waals surface area contributed by atoms with Gasteiger partial charge in [-0.1, -0.05) is 17.7 Å². The van der Waals surface area contributed by atoms with Crippen LogP contribution in [-0.2, 0) is 9.59 Å². The number of hydrogen-bond donors (Lipinski definition) is 1. The zero-order valence-electron chi connectivity index (χ0n) is 14.4. The van der Waals surface area contributed by atoms with Crippen molar-refractivity contribution in [3.8, 4) is 0 Å². The maximum absolute atomic E-state index is 12.7. The lowest BCUT2D eigenvalue weighted by atomic mass is 10.0. The first kappa shape index (κ1) is 17.3. The zero-order chi connectivity index (χ0) is 18.8. The van der Waals surface area contributed by atoms with Crippen molar-refractivity contribution >= 4 is 28.8 Å². The first-order valence-corrected chi connectivity index (χ1v) is 8.11. The van der Waals surface area contributed by atoms with Crippen molar-refractivity contribution in [1.82, 2.24) is 4.90 Å². The van der Waals surface area contributed by atoms with Gasteiger partial charge in [0.2, 0.25) is 0 Å². The summed E-state index contributed by atoms with van der Waals surface area (Å²) >= 11 is 0. The van der Waals surface area contributed by atoms with E-state index in [1.165, 1.54) is 24.3 Å². The first-order chi connectivity index (χ1) is 12.4. The summed E-state index contributed by atoms with van der Waals surface area (Å²) in [5, 5.41) is 13.9. The lowest BCUT2D eigenvalue weighted by Crippen LogP contribution is -2.32. The van der Waals surface area contributed by atoms with E-state index in [0.29, 0.717) is 11.3 Å². The van der Waals surface area contributed by atoms with Crippen LogP contribution in [0.3, 0.4) is 0 Å². The van der Waals surface area contributed by atoms with Gasteiger partial charge in [-0.2, -0.15) is 0 Å². The quantitative estimate of drug-likeness (QED) is 0.507.